The molecule has 1 amide bonds. The lowest BCUT2D eigenvalue weighted by Crippen LogP contribution is -2.47. The predicted molar refractivity (Wildman–Crippen MR) is 84.2 cm³/mol. The summed E-state index contributed by atoms with van der Waals surface area (Å²) < 4.78 is 28.0. The molecule has 1 aliphatic heterocycles. The molecule has 0 saturated carbocycles. The van der Waals surface area contributed by atoms with E-state index < -0.39 is 21.5 Å². The molecular weight excluding hydrogens is 290 g/mol. The number of unbranched alkanes of at least 4 members (excludes halogenated alkanes) is 6. The number of alkyl carbamates (subject to hydrolysis) is 1. The van der Waals surface area contributed by atoms with E-state index in [1.807, 2.05) is 0 Å². The summed E-state index contributed by atoms with van der Waals surface area (Å²) in [6, 6.07) is 0. The maximum atomic E-state index is 11.7. The third kappa shape index (κ3) is 7.69. The normalized spacial score (nSPS) is 23.9. The highest BCUT2D eigenvalue weighted by Crippen LogP contribution is 2.22. The van der Waals surface area contributed by atoms with Crippen LogP contribution in [0.3, 0.4) is 0 Å². The SMILES string of the molecule is CCCCCCCCCOC(=O)NC1(C)CCS(=O)(=O)C1. The average Bonchev–Trinajstić information content (AvgIpc) is 2.66. The molecule has 0 spiro atoms. The fourth-order valence-corrected chi connectivity index (χ4v) is 4.71. The number of rotatable bonds is 9. The molecule has 0 aromatic carbocycles. The molecule has 1 aliphatic rings. The highest BCUT2D eigenvalue weighted by molar-refractivity contribution is 7.91. The summed E-state index contributed by atoms with van der Waals surface area (Å²) in [6.07, 6.45) is 8.15. The number of hydrogen-bond acceptors (Lipinski definition) is 4. The van der Waals surface area contributed by atoms with Gasteiger partial charge in [0.2, 0.25) is 0 Å². The van der Waals surface area contributed by atoms with Crippen LogP contribution >= 0.6 is 0 Å². The van der Waals surface area contributed by atoms with Crippen molar-refractivity contribution in [2.45, 2.75) is 70.8 Å². The van der Waals surface area contributed by atoms with Gasteiger partial charge in [0, 0.05) is 0 Å². The summed E-state index contributed by atoms with van der Waals surface area (Å²) in [5.41, 5.74) is -0.671. The molecule has 0 bridgehead atoms. The molecule has 21 heavy (non-hydrogen) atoms. The summed E-state index contributed by atoms with van der Waals surface area (Å²) in [5, 5.41) is 2.69. The van der Waals surface area contributed by atoms with Gasteiger partial charge < -0.3 is 10.1 Å². The minimum atomic E-state index is -3.01. The topological polar surface area (TPSA) is 72.5 Å². The molecule has 1 unspecified atom stereocenters. The molecule has 1 fully saturated rings. The van der Waals surface area contributed by atoms with E-state index in [0.717, 1.165) is 12.8 Å². The summed E-state index contributed by atoms with van der Waals surface area (Å²) >= 11 is 0. The van der Waals surface area contributed by atoms with Gasteiger partial charge in [-0.15, -0.1) is 0 Å². The fourth-order valence-electron chi connectivity index (χ4n) is 2.62. The quantitative estimate of drug-likeness (QED) is 0.663. The standard InChI is InChI=1S/C15H29NO4S/c1-3-4-5-6-7-8-9-11-20-14(17)16-15(2)10-12-21(18,19)13-15/h3-13H2,1-2H3,(H,16,17). The number of sulfone groups is 1. The minimum Gasteiger partial charge on any atom is -0.450 e. The Kier molecular flexibility index (Phi) is 7.49. The second-order valence-electron chi connectivity index (χ2n) is 6.28. The first-order valence-corrected chi connectivity index (χ1v) is 9.84. The molecule has 0 aliphatic carbocycles. The molecule has 5 nitrogen and oxygen atoms in total. The van der Waals surface area contributed by atoms with Crippen LogP contribution in [0.25, 0.3) is 0 Å². The van der Waals surface area contributed by atoms with Gasteiger partial charge in [-0.05, 0) is 19.8 Å². The second kappa shape index (κ2) is 8.61. The van der Waals surface area contributed by atoms with Gasteiger partial charge in [0.15, 0.2) is 9.84 Å². The van der Waals surface area contributed by atoms with Crippen molar-refractivity contribution in [3.05, 3.63) is 0 Å². The Morgan fingerprint density at radius 3 is 2.33 bits per heavy atom. The van der Waals surface area contributed by atoms with E-state index in [1.54, 1.807) is 6.92 Å². The Balaban J connectivity index is 2.07. The Morgan fingerprint density at radius 1 is 1.14 bits per heavy atom. The van der Waals surface area contributed by atoms with Crippen LogP contribution in [0.15, 0.2) is 0 Å². The predicted octanol–water partition coefficient (Wildman–Crippen LogP) is 3.04. The van der Waals surface area contributed by atoms with Crippen LogP contribution in [0.4, 0.5) is 4.79 Å². The summed E-state index contributed by atoms with van der Waals surface area (Å²) in [5.74, 6) is 0.147. The molecule has 0 aromatic rings. The molecule has 0 radical (unpaired) electrons. The van der Waals surface area contributed by atoms with Crippen LogP contribution in [0.5, 0.6) is 0 Å². The minimum absolute atomic E-state index is 0.00648. The number of nitrogens with one attached hydrogen (secondary N) is 1. The maximum absolute atomic E-state index is 11.7. The van der Waals surface area contributed by atoms with Crippen molar-refractivity contribution in [3.63, 3.8) is 0 Å². The fraction of sp³-hybridized carbons (Fsp3) is 0.933. The Labute approximate surface area is 128 Å². The monoisotopic (exact) mass is 319 g/mol. The van der Waals surface area contributed by atoms with Crippen LogP contribution in [-0.4, -0.2) is 38.2 Å². The summed E-state index contributed by atoms with van der Waals surface area (Å²) in [6.45, 7) is 4.36. The zero-order valence-electron chi connectivity index (χ0n) is 13.3. The van der Waals surface area contributed by atoms with E-state index >= 15 is 0 Å². The van der Waals surface area contributed by atoms with Gasteiger partial charge in [0.05, 0.1) is 23.7 Å². The van der Waals surface area contributed by atoms with E-state index in [4.69, 9.17) is 4.74 Å². The second-order valence-corrected chi connectivity index (χ2v) is 8.47. The van der Waals surface area contributed by atoms with E-state index in [-0.39, 0.29) is 11.5 Å². The largest absolute Gasteiger partial charge is 0.450 e. The molecule has 1 atom stereocenters. The van der Waals surface area contributed by atoms with Crippen LogP contribution in [0.1, 0.15) is 65.2 Å². The number of carbonyl (C=O) groups excluding carboxylic acids is 1. The van der Waals surface area contributed by atoms with E-state index in [9.17, 15) is 13.2 Å². The van der Waals surface area contributed by atoms with Crippen molar-refractivity contribution >= 4 is 15.9 Å². The van der Waals surface area contributed by atoms with Crippen LogP contribution < -0.4 is 5.32 Å². The molecule has 1 saturated heterocycles. The third-order valence-electron chi connectivity index (χ3n) is 3.89. The first-order valence-electron chi connectivity index (χ1n) is 8.02. The Morgan fingerprint density at radius 2 is 1.76 bits per heavy atom. The maximum Gasteiger partial charge on any atom is 0.407 e. The average molecular weight is 319 g/mol. The van der Waals surface area contributed by atoms with Crippen molar-refractivity contribution in [1.82, 2.24) is 5.32 Å². The lowest BCUT2D eigenvalue weighted by molar-refractivity contribution is 0.134. The highest BCUT2D eigenvalue weighted by atomic mass is 32.2. The number of carbonyl (C=O) groups is 1. The molecular formula is C15H29NO4S. The van der Waals surface area contributed by atoms with Crippen molar-refractivity contribution in [2.75, 3.05) is 18.1 Å². The smallest absolute Gasteiger partial charge is 0.407 e. The highest BCUT2D eigenvalue weighted by Gasteiger charge is 2.39. The molecule has 1 N–H and O–H groups in total. The van der Waals surface area contributed by atoms with Crippen LogP contribution in [-0.2, 0) is 14.6 Å². The molecule has 1 rings (SSSR count). The van der Waals surface area contributed by atoms with Gasteiger partial charge in [0.1, 0.15) is 0 Å². The van der Waals surface area contributed by atoms with Gasteiger partial charge in [-0.25, -0.2) is 13.2 Å². The lowest BCUT2D eigenvalue weighted by Gasteiger charge is -2.23. The van der Waals surface area contributed by atoms with Crippen LogP contribution in [0, 0.1) is 0 Å². The van der Waals surface area contributed by atoms with Crippen LogP contribution in [0.2, 0.25) is 0 Å². The number of hydrogen-bond donors (Lipinski definition) is 1. The lowest BCUT2D eigenvalue weighted by atomic mass is 10.0. The first kappa shape index (κ1) is 18.3. The zero-order chi connectivity index (χ0) is 15.8. The molecule has 124 valence electrons. The Hall–Kier alpha value is -0.780. The van der Waals surface area contributed by atoms with Gasteiger partial charge in [0.25, 0.3) is 0 Å². The van der Waals surface area contributed by atoms with Gasteiger partial charge >= 0.3 is 6.09 Å². The summed E-state index contributed by atoms with van der Waals surface area (Å²) in [4.78, 5) is 11.7. The van der Waals surface area contributed by atoms with Gasteiger partial charge in [-0.2, -0.15) is 0 Å². The molecule has 1 heterocycles. The number of ether oxygens (including phenoxy) is 1. The van der Waals surface area contributed by atoms with Crippen molar-refractivity contribution in [3.8, 4) is 0 Å². The van der Waals surface area contributed by atoms with Crippen molar-refractivity contribution in [1.29, 1.82) is 0 Å². The van der Waals surface area contributed by atoms with Gasteiger partial charge in [-0.3, -0.25) is 0 Å². The van der Waals surface area contributed by atoms with Gasteiger partial charge in [-0.1, -0.05) is 45.4 Å². The Bertz CT molecular complexity index is 421. The molecule has 6 heteroatoms. The van der Waals surface area contributed by atoms with Crippen molar-refractivity contribution in [2.24, 2.45) is 0 Å². The number of amides is 1. The molecule has 0 aromatic heterocycles. The zero-order valence-corrected chi connectivity index (χ0v) is 14.1. The third-order valence-corrected chi connectivity index (χ3v) is 5.79. The van der Waals surface area contributed by atoms with E-state index in [2.05, 4.69) is 12.2 Å². The first-order chi connectivity index (χ1) is 9.87. The van der Waals surface area contributed by atoms with E-state index in [1.165, 1.54) is 32.1 Å². The van der Waals surface area contributed by atoms with E-state index in [0.29, 0.717) is 13.0 Å². The van der Waals surface area contributed by atoms with Crippen molar-refractivity contribution < 1.29 is 17.9 Å². The summed E-state index contributed by atoms with van der Waals surface area (Å²) in [7, 11) is -3.01.